The topological polar surface area (TPSA) is 60.8 Å². The molecular formula is C12H25NO3. The molecule has 0 aromatic rings. The Morgan fingerprint density at radius 1 is 1.19 bits per heavy atom. The van der Waals surface area contributed by atoms with Gasteiger partial charge in [-0.25, -0.2) is 0 Å². The Morgan fingerprint density at radius 3 is 1.81 bits per heavy atom. The molecule has 0 spiro atoms. The van der Waals surface area contributed by atoms with E-state index in [1.165, 1.54) is 6.92 Å². The maximum atomic E-state index is 12.2. The van der Waals surface area contributed by atoms with Crippen LogP contribution in [0.2, 0.25) is 0 Å². The van der Waals surface area contributed by atoms with Crippen LogP contribution in [0, 0.1) is 5.92 Å². The first-order chi connectivity index (χ1) is 7.15. The van der Waals surface area contributed by atoms with Crippen LogP contribution < -0.4 is 0 Å². The SMILES string of the molecule is CC(C)N(C(=O)[C@H](C)[C@](C)(O)CO)C(C)C. The summed E-state index contributed by atoms with van der Waals surface area (Å²) in [5, 5.41) is 18.9. The molecule has 0 aliphatic rings. The molecule has 96 valence electrons. The van der Waals surface area contributed by atoms with Gasteiger partial charge in [-0.1, -0.05) is 6.92 Å². The largest absolute Gasteiger partial charge is 0.393 e. The van der Waals surface area contributed by atoms with Crippen LogP contribution in [0.4, 0.5) is 0 Å². The van der Waals surface area contributed by atoms with Crippen molar-refractivity contribution in [2.45, 2.75) is 59.2 Å². The number of carbonyl (C=O) groups excluding carboxylic acids is 1. The first-order valence-electron chi connectivity index (χ1n) is 5.80. The lowest BCUT2D eigenvalue weighted by Gasteiger charge is -2.37. The number of aliphatic hydroxyl groups is 2. The third-order valence-corrected chi connectivity index (χ3v) is 2.99. The molecule has 0 aromatic heterocycles. The molecular weight excluding hydrogens is 206 g/mol. The van der Waals surface area contributed by atoms with Crippen LogP contribution >= 0.6 is 0 Å². The Balaban J connectivity index is 4.89. The molecule has 0 aromatic carbocycles. The Labute approximate surface area is 98.3 Å². The van der Waals surface area contributed by atoms with Crippen molar-refractivity contribution in [1.29, 1.82) is 0 Å². The Morgan fingerprint density at radius 2 is 1.56 bits per heavy atom. The Bertz CT molecular complexity index is 228. The lowest BCUT2D eigenvalue weighted by molar-refractivity contribution is -0.149. The van der Waals surface area contributed by atoms with Crippen molar-refractivity contribution < 1.29 is 15.0 Å². The molecule has 0 radical (unpaired) electrons. The van der Waals surface area contributed by atoms with Crippen molar-refractivity contribution in [2.24, 2.45) is 5.92 Å². The quantitative estimate of drug-likeness (QED) is 0.742. The predicted octanol–water partition coefficient (Wildman–Crippen LogP) is 1.01. The van der Waals surface area contributed by atoms with Crippen LogP contribution in [0.15, 0.2) is 0 Å². The van der Waals surface area contributed by atoms with Gasteiger partial charge in [0.05, 0.1) is 18.1 Å². The van der Waals surface area contributed by atoms with E-state index >= 15 is 0 Å². The minimum absolute atomic E-state index is 0.0874. The van der Waals surface area contributed by atoms with Gasteiger partial charge in [-0.15, -0.1) is 0 Å². The number of nitrogens with zero attached hydrogens (tertiary/aromatic N) is 1. The van der Waals surface area contributed by atoms with Gasteiger partial charge in [-0.05, 0) is 34.6 Å². The van der Waals surface area contributed by atoms with Crippen molar-refractivity contribution in [3.05, 3.63) is 0 Å². The molecule has 0 bridgehead atoms. The summed E-state index contributed by atoms with van der Waals surface area (Å²) >= 11 is 0. The van der Waals surface area contributed by atoms with Crippen LogP contribution in [0.3, 0.4) is 0 Å². The second-order valence-corrected chi connectivity index (χ2v) is 5.17. The zero-order chi connectivity index (χ0) is 13.1. The third-order valence-electron chi connectivity index (χ3n) is 2.99. The average molecular weight is 231 g/mol. The standard InChI is InChI=1S/C12H25NO3/c1-8(2)13(9(3)4)11(15)10(5)12(6,16)7-14/h8-10,14,16H,7H2,1-6H3/t10-,12+/m0/s1. The highest BCUT2D eigenvalue weighted by atomic mass is 16.3. The molecule has 16 heavy (non-hydrogen) atoms. The lowest BCUT2D eigenvalue weighted by Crippen LogP contribution is -2.51. The fourth-order valence-electron chi connectivity index (χ4n) is 1.73. The van der Waals surface area contributed by atoms with E-state index < -0.39 is 18.1 Å². The van der Waals surface area contributed by atoms with Gasteiger partial charge in [0, 0.05) is 12.1 Å². The molecule has 0 heterocycles. The number of amides is 1. The van der Waals surface area contributed by atoms with E-state index in [2.05, 4.69) is 0 Å². The molecule has 4 heteroatoms. The Hall–Kier alpha value is -0.610. The molecule has 0 saturated heterocycles. The monoisotopic (exact) mass is 231 g/mol. The minimum Gasteiger partial charge on any atom is -0.393 e. The van der Waals surface area contributed by atoms with E-state index in [1.807, 2.05) is 27.7 Å². The average Bonchev–Trinajstić information content (AvgIpc) is 2.15. The zero-order valence-electron chi connectivity index (χ0n) is 11.2. The van der Waals surface area contributed by atoms with Crippen LogP contribution in [-0.4, -0.2) is 45.3 Å². The summed E-state index contributed by atoms with van der Waals surface area (Å²) in [6.07, 6.45) is 0. The van der Waals surface area contributed by atoms with Gasteiger partial charge in [-0.2, -0.15) is 0 Å². The Kier molecular flexibility index (Phi) is 5.42. The number of carbonyl (C=O) groups is 1. The molecule has 0 saturated carbocycles. The third kappa shape index (κ3) is 3.46. The number of rotatable bonds is 5. The molecule has 1 amide bonds. The van der Waals surface area contributed by atoms with E-state index in [1.54, 1.807) is 11.8 Å². The first kappa shape index (κ1) is 15.4. The van der Waals surface area contributed by atoms with E-state index in [-0.39, 0.29) is 18.0 Å². The molecule has 4 nitrogen and oxygen atoms in total. The molecule has 0 aliphatic heterocycles. The van der Waals surface area contributed by atoms with E-state index in [0.717, 1.165) is 0 Å². The maximum absolute atomic E-state index is 12.2. The summed E-state index contributed by atoms with van der Waals surface area (Å²) in [7, 11) is 0. The fraction of sp³-hybridized carbons (Fsp3) is 0.917. The molecule has 0 fully saturated rings. The molecule has 2 N–H and O–H groups in total. The highest BCUT2D eigenvalue weighted by molar-refractivity contribution is 5.80. The fourth-order valence-corrected chi connectivity index (χ4v) is 1.73. The van der Waals surface area contributed by atoms with Crippen molar-refractivity contribution in [3.63, 3.8) is 0 Å². The van der Waals surface area contributed by atoms with E-state index in [9.17, 15) is 9.90 Å². The summed E-state index contributed by atoms with van der Waals surface area (Å²) in [6.45, 7) is 10.5. The summed E-state index contributed by atoms with van der Waals surface area (Å²) in [5.41, 5.74) is -1.36. The van der Waals surface area contributed by atoms with Gasteiger partial charge >= 0.3 is 0 Å². The van der Waals surface area contributed by atoms with Crippen LogP contribution in [0.5, 0.6) is 0 Å². The molecule has 0 rings (SSSR count). The van der Waals surface area contributed by atoms with Gasteiger partial charge in [0.25, 0.3) is 0 Å². The highest BCUT2D eigenvalue weighted by Crippen LogP contribution is 2.21. The predicted molar refractivity (Wildman–Crippen MR) is 64.0 cm³/mol. The minimum atomic E-state index is -1.36. The van der Waals surface area contributed by atoms with Crippen LogP contribution in [0.25, 0.3) is 0 Å². The summed E-state index contributed by atoms with van der Waals surface area (Å²) < 4.78 is 0. The smallest absolute Gasteiger partial charge is 0.228 e. The van der Waals surface area contributed by atoms with Crippen LogP contribution in [0.1, 0.15) is 41.5 Å². The normalized spacial score (nSPS) is 17.4. The van der Waals surface area contributed by atoms with E-state index in [0.29, 0.717) is 0 Å². The van der Waals surface area contributed by atoms with Gasteiger partial charge in [-0.3, -0.25) is 4.79 Å². The second-order valence-electron chi connectivity index (χ2n) is 5.17. The lowest BCUT2D eigenvalue weighted by atomic mass is 9.89. The first-order valence-corrected chi connectivity index (χ1v) is 5.80. The number of hydrogen-bond acceptors (Lipinski definition) is 3. The second kappa shape index (κ2) is 5.64. The maximum Gasteiger partial charge on any atom is 0.228 e. The van der Waals surface area contributed by atoms with Gasteiger partial charge in [0.1, 0.15) is 0 Å². The van der Waals surface area contributed by atoms with Crippen molar-refractivity contribution in [2.75, 3.05) is 6.61 Å². The van der Waals surface area contributed by atoms with Crippen molar-refractivity contribution in [1.82, 2.24) is 4.90 Å². The number of aliphatic hydroxyl groups excluding tert-OH is 1. The molecule has 0 aliphatic carbocycles. The van der Waals surface area contributed by atoms with Crippen LogP contribution in [-0.2, 0) is 4.79 Å². The van der Waals surface area contributed by atoms with E-state index in [4.69, 9.17) is 5.11 Å². The summed E-state index contributed by atoms with van der Waals surface area (Å²) in [4.78, 5) is 13.9. The zero-order valence-corrected chi connectivity index (χ0v) is 11.2. The highest BCUT2D eigenvalue weighted by Gasteiger charge is 2.37. The van der Waals surface area contributed by atoms with Crippen molar-refractivity contribution in [3.8, 4) is 0 Å². The van der Waals surface area contributed by atoms with Crippen molar-refractivity contribution >= 4 is 5.91 Å². The summed E-state index contributed by atoms with van der Waals surface area (Å²) in [6, 6.07) is 0.175. The molecule has 2 atom stereocenters. The van der Waals surface area contributed by atoms with Gasteiger partial charge in [0.2, 0.25) is 5.91 Å². The van der Waals surface area contributed by atoms with Gasteiger partial charge in [0.15, 0.2) is 0 Å². The molecule has 0 unspecified atom stereocenters. The summed E-state index contributed by atoms with van der Waals surface area (Å²) in [5.74, 6) is -0.730. The number of hydrogen-bond donors (Lipinski definition) is 2. The van der Waals surface area contributed by atoms with Gasteiger partial charge < -0.3 is 15.1 Å².